The van der Waals surface area contributed by atoms with E-state index in [0.717, 1.165) is 30.8 Å². The molecule has 1 N–H and O–H groups in total. The molecule has 0 aliphatic rings. The van der Waals surface area contributed by atoms with Gasteiger partial charge in [0.25, 0.3) is 0 Å². The Balaban J connectivity index is 2.50. The molecule has 0 aliphatic heterocycles. The molecule has 3 heteroatoms. The van der Waals surface area contributed by atoms with E-state index in [1.165, 1.54) is 0 Å². The molecule has 0 saturated carbocycles. The highest BCUT2D eigenvalue weighted by molar-refractivity contribution is 6.32. The van der Waals surface area contributed by atoms with Crippen LogP contribution >= 0.6 is 11.6 Å². The van der Waals surface area contributed by atoms with Crippen molar-refractivity contribution in [3.63, 3.8) is 0 Å². The molecule has 0 spiro atoms. The number of hydrogen-bond donors (Lipinski definition) is 1. The summed E-state index contributed by atoms with van der Waals surface area (Å²) in [6.45, 7) is 11.3. The molecule has 102 valence electrons. The van der Waals surface area contributed by atoms with Crippen molar-refractivity contribution in [3.8, 4) is 5.75 Å². The van der Waals surface area contributed by atoms with E-state index in [2.05, 4.69) is 26.1 Å². The molecule has 18 heavy (non-hydrogen) atoms. The van der Waals surface area contributed by atoms with Crippen molar-refractivity contribution in [2.75, 3.05) is 19.7 Å². The lowest BCUT2D eigenvalue weighted by atomic mass is 9.95. The van der Waals surface area contributed by atoms with Gasteiger partial charge < -0.3 is 10.1 Å². The predicted molar refractivity (Wildman–Crippen MR) is 78.6 cm³/mol. The van der Waals surface area contributed by atoms with Crippen molar-refractivity contribution in [1.82, 2.24) is 5.32 Å². The monoisotopic (exact) mass is 269 g/mol. The molecule has 0 aromatic heterocycles. The zero-order chi connectivity index (χ0) is 13.6. The average Bonchev–Trinajstić information content (AvgIpc) is 2.31. The minimum Gasteiger partial charge on any atom is -0.491 e. The van der Waals surface area contributed by atoms with Crippen LogP contribution in [0.5, 0.6) is 5.75 Å². The van der Waals surface area contributed by atoms with Gasteiger partial charge in [-0.25, -0.2) is 0 Å². The van der Waals surface area contributed by atoms with Gasteiger partial charge in [0.05, 0.1) is 11.6 Å². The molecule has 2 nitrogen and oxygen atoms in total. The second-order valence-corrected chi connectivity index (χ2v) is 5.97. The number of aryl methyl sites for hydroxylation is 1. The van der Waals surface area contributed by atoms with Crippen LogP contribution in [0.15, 0.2) is 18.2 Å². The number of nitrogens with one attached hydrogen (secondary N) is 1. The van der Waals surface area contributed by atoms with Crippen LogP contribution in [0.2, 0.25) is 5.02 Å². The minimum atomic E-state index is 0.0994. The van der Waals surface area contributed by atoms with Crippen molar-refractivity contribution >= 4 is 11.6 Å². The molecule has 0 atom stereocenters. The standard InChI is InChI=1S/C15H24ClNO/c1-5-8-17-10-15(3,4)11-18-14-9-12(2)6-7-13(14)16/h6-7,9,17H,5,8,10-11H2,1-4H3. The van der Waals surface area contributed by atoms with Crippen molar-refractivity contribution in [2.24, 2.45) is 5.41 Å². The lowest BCUT2D eigenvalue weighted by molar-refractivity contribution is 0.176. The van der Waals surface area contributed by atoms with Crippen molar-refractivity contribution in [3.05, 3.63) is 28.8 Å². The Morgan fingerprint density at radius 3 is 2.72 bits per heavy atom. The predicted octanol–water partition coefficient (Wildman–Crippen LogP) is 4.05. The SMILES string of the molecule is CCCNCC(C)(C)COc1cc(C)ccc1Cl. The lowest BCUT2D eigenvalue weighted by Crippen LogP contribution is -2.34. The van der Waals surface area contributed by atoms with Crippen LogP contribution in [-0.2, 0) is 0 Å². The highest BCUT2D eigenvalue weighted by Gasteiger charge is 2.19. The Bertz CT molecular complexity index is 377. The minimum absolute atomic E-state index is 0.0994. The molecule has 1 aromatic carbocycles. The molecule has 0 unspecified atom stereocenters. The largest absolute Gasteiger partial charge is 0.491 e. The normalized spacial score (nSPS) is 11.6. The van der Waals surface area contributed by atoms with Crippen LogP contribution in [0.4, 0.5) is 0 Å². The van der Waals surface area contributed by atoms with Gasteiger partial charge in [-0.1, -0.05) is 38.4 Å². The summed E-state index contributed by atoms with van der Waals surface area (Å²) in [5.74, 6) is 0.778. The third-order valence-electron chi connectivity index (χ3n) is 2.74. The summed E-state index contributed by atoms with van der Waals surface area (Å²) in [4.78, 5) is 0. The van der Waals surface area contributed by atoms with Crippen molar-refractivity contribution in [1.29, 1.82) is 0 Å². The van der Waals surface area contributed by atoms with E-state index in [1.54, 1.807) is 0 Å². The Labute approximate surface area is 116 Å². The maximum atomic E-state index is 6.11. The quantitative estimate of drug-likeness (QED) is 0.754. The van der Waals surface area contributed by atoms with Gasteiger partial charge in [-0.05, 0) is 37.6 Å². The van der Waals surface area contributed by atoms with Crippen LogP contribution < -0.4 is 10.1 Å². The van der Waals surface area contributed by atoms with E-state index in [1.807, 2.05) is 25.1 Å². The Hall–Kier alpha value is -0.730. The summed E-state index contributed by atoms with van der Waals surface area (Å²) in [6.07, 6.45) is 1.15. The molecule has 0 aliphatic carbocycles. The second-order valence-electron chi connectivity index (χ2n) is 5.56. The first-order chi connectivity index (χ1) is 8.44. The number of halogens is 1. The van der Waals surface area contributed by atoms with Crippen molar-refractivity contribution in [2.45, 2.75) is 34.1 Å². The van der Waals surface area contributed by atoms with Gasteiger partial charge in [-0.2, -0.15) is 0 Å². The molecule has 0 amide bonds. The maximum Gasteiger partial charge on any atom is 0.138 e. The molecular weight excluding hydrogens is 246 g/mol. The first-order valence-electron chi connectivity index (χ1n) is 6.54. The molecule has 0 radical (unpaired) electrons. The van der Waals surface area contributed by atoms with Gasteiger partial charge in [0.2, 0.25) is 0 Å². The smallest absolute Gasteiger partial charge is 0.138 e. The molecule has 0 fully saturated rings. The van der Waals surface area contributed by atoms with Gasteiger partial charge in [0.15, 0.2) is 0 Å². The van der Waals surface area contributed by atoms with Gasteiger partial charge in [0.1, 0.15) is 5.75 Å². The fraction of sp³-hybridized carbons (Fsp3) is 0.600. The summed E-state index contributed by atoms with van der Waals surface area (Å²) >= 11 is 6.11. The van der Waals surface area contributed by atoms with Gasteiger partial charge in [-0.15, -0.1) is 0 Å². The third-order valence-corrected chi connectivity index (χ3v) is 3.05. The summed E-state index contributed by atoms with van der Waals surface area (Å²) in [5, 5.41) is 4.10. The summed E-state index contributed by atoms with van der Waals surface area (Å²) in [7, 11) is 0. The van der Waals surface area contributed by atoms with Crippen molar-refractivity contribution < 1.29 is 4.74 Å². The number of hydrogen-bond acceptors (Lipinski definition) is 2. The topological polar surface area (TPSA) is 21.3 Å². The highest BCUT2D eigenvalue weighted by atomic mass is 35.5. The lowest BCUT2D eigenvalue weighted by Gasteiger charge is -2.25. The summed E-state index contributed by atoms with van der Waals surface area (Å²) in [6, 6.07) is 5.86. The zero-order valence-corrected chi connectivity index (χ0v) is 12.6. The average molecular weight is 270 g/mol. The number of rotatable bonds is 7. The van der Waals surface area contributed by atoms with E-state index in [-0.39, 0.29) is 5.41 Å². The molecule has 1 aromatic rings. The van der Waals surface area contributed by atoms with Crippen LogP contribution in [-0.4, -0.2) is 19.7 Å². The molecule has 0 saturated heterocycles. The van der Waals surface area contributed by atoms with Crippen LogP contribution in [0.1, 0.15) is 32.8 Å². The highest BCUT2D eigenvalue weighted by Crippen LogP contribution is 2.27. The van der Waals surface area contributed by atoms with Crippen LogP contribution in [0, 0.1) is 12.3 Å². The van der Waals surface area contributed by atoms with Gasteiger partial charge in [-0.3, -0.25) is 0 Å². The number of ether oxygens (including phenoxy) is 1. The van der Waals surface area contributed by atoms with E-state index >= 15 is 0 Å². The Morgan fingerprint density at radius 2 is 2.06 bits per heavy atom. The molecule has 1 rings (SSSR count). The van der Waals surface area contributed by atoms with Crippen LogP contribution in [0.3, 0.4) is 0 Å². The van der Waals surface area contributed by atoms with Gasteiger partial charge in [0, 0.05) is 12.0 Å². The Morgan fingerprint density at radius 1 is 1.33 bits per heavy atom. The Kier molecular flexibility index (Phi) is 5.97. The second kappa shape index (κ2) is 7.01. The fourth-order valence-electron chi connectivity index (χ4n) is 1.65. The fourth-order valence-corrected chi connectivity index (χ4v) is 1.82. The molecule has 0 heterocycles. The van der Waals surface area contributed by atoms with E-state index in [4.69, 9.17) is 16.3 Å². The first kappa shape index (κ1) is 15.3. The van der Waals surface area contributed by atoms with E-state index < -0.39 is 0 Å². The third kappa shape index (κ3) is 5.28. The first-order valence-corrected chi connectivity index (χ1v) is 6.92. The van der Waals surface area contributed by atoms with Gasteiger partial charge >= 0.3 is 0 Å². The summed E-state index contributed by atoms with van der Waals surface area (Å²) in [5.41, 5.74) is 1.26. The van der Waals surface area contributed by atoms with Crippen LogP contribution in [0.25, 0.3) is 0 Å². The number of benzene rings is 1. The maximum absolute atomic E-state index is 6.11. The van der Waals surface area contributed by atoms with E-state index in [9.17, 15) is 0 Å². The molecule has 0 bridgehead atoms. The van der Waals surface area contributed by atoms with E-state index in [0.29, 0.717) is 11.6 Å². The summed E-state index contributed by atoms with van der Waals surface area (Å²) < 4.78 is 5.84. The zero-order valence-electron chi connectivity index (χ0n) is 11.8. The molecular formula is C15H24ClNO.